The number of carbonyl (C=O) groups is 1. The van der Waals surface area contributed by atoms with Gasteiger partial charge in [0.25, 0.3) is 0 Å². The minimum atomic E-state index is -0.00920. The molecule has 0 saturated carbocycles. The van der Waals surface area contributed by atoms with Crippen molar-refractivity contribution in [1.29, 1.82) is 0 Å². The number of amides is 1. The van der Waals surface area contributed by atoms with Gasteiger partial charge >= 0.3 is 0 Å². The molecule has 112 valence electrons. The van der Waals surface area contributed by atoms with E-state index in [2.05, 4.69) is 16.9 Å². The minimum absolute atomic E-state index is 0.00920. The van der Waals surface area contributed by atoms with Gasteiger partial charge in [-0.15, -0.1) is 0 Å². The molecule has 1 heterocycles. The maximum Gasteiger partial charge on any atom is 0.239 e. The van der Waals surface area contributed by atoms with Crippen LogP contribution in [0.15, 0.2) is 29.0 Å². The van der Waals surface area contributed by atoms with E-state index in [1.54, 1.807) is 6.21 Å². The summed E-state index contributed by atoms with van der Waals surface area (Å²) in [5, 5.41) is 2.91. The third-order valence-electron chi connectivity index (χ3n) is 3.44. The first kappa shape index (κ1) is 16.4. The number of piperidine rings is 1. The van der Waals surface area contributed by atoms with Crippen LogP contribution in [0.2, 0.25) is 0 Å². The standard InChI is InChI=1S/C15H26N4O/c1-4-13(17-5-2)8-9-18-15(20)11-19-10-6-7-14(16)12(19)3/h4-5,14H,3,6-11,16H2,1-2H3,(H,18,20)/b13-4-,17-5-/t14-/m0/s1. The van der Waals surface area contributed by atoms with E-state index < -0.39 is 0 Å². The number of nitrogens with two attached hydrogens (primary N) is 1. The number of likely N-dealkylation sites (tertiary alicyclic amines) is 1. The summed E-state index contributed by atoms with van der Waals surface area (Å²) in [6.45, 7) is 9.60. The first-order chi connectivity index (χ1) is 9.58. The summed E-state index contributed by atoms with van der Waals surface area (Å²) in [5.41, 5.74) is 7.79. The number of nitrogens with zero attached hydrogens (tertiary/aromatic N) is 2. The molecule has 1 rings (SSSR count). The zero-order chi connectivity index (χ0) is 15.0. The summed E-state index contributed by atoms with van der Waals surface area (Å²) in [4.78, 5) is 18.1. The molecule has 0 unspecified atom stereocenters. The van der Waals surface area contributed by atoms with Gasteiger partial charge in [0.05, 0.1) is 6.54 Å². The summed E-state index contributed by atoms with van der Waals surface area (Å²) < 4.78 is 0. The quantitative estimate of drug-likeness (QED) is 0.722. The van der Waals surface area contributed by atoms with Crippen molar-refractivity contribution in [2.75, 3.05) is 19.6 Å². The van der Waals surface area contributed by atoms with E-state index in [0.717, 1.165) is 37.2 Å². The van der Waals surface area contributed by atoms with E-state index in [1.807, 2.05) is 24.8 Å². The van der Waals surface area contributed by atoms with Gasteiger partial charge in [-0.3, -0.25) is 9.79 Å². The highest BCUT2D eigenvalue weighted by molar-refractivity contribution is 5.78. The lowest BCUT2D eigenvalue weighted by atomic mass is 10.0. The Morgan fingerprint density at radius 3 is 3.00 bits per heavy atom. The fraction of sp³-hybridized carbons (Fsp3) is 0.600. The number of carbonyl (C=O) groups excluding carboxylic acids is 1. The summed E-state index contributed by atoms with van der Waals surface area (Å²) in [6.07, 6.45) is 6.43. The third-order valence-corrected chi connectivity index (χ3v) is 3.44. The van der Waals surface area contributed by atoms with Gasteiger partial charge in [0.2, 0.25) is 5.91 Å². The summed E-state index contributed by atoms with van der Waals surface area (Å²) in [6, 6.07) is -0.00920. The van der Waals surface area contributed by atoms with Crippen LogP contribution in [-0.4, -0.2) is 42.7 Å². The molecule has 0 aromatic carbocycles. The highest BCUT2D eigenvalue weighted by Crippen LogP contribution is 2.17. The Kier molecular flexibility index (Phi) is 7.01. The zero-order valence-electron chi connectivity index (χ0n) is 12.6. The van der Waals surface area contributed by atoms with Gasteiger partial charge < -0.3 is 16.0 Å². The predicted molar refractivity (Wildman–Crippen MR) is 83.5 cm³/mol. The first-order valence-electron chi connectivity index (χ1n) is 7.18. The molecule has 20 heavy (non-hydrogen) atoms. The van der Waals surface area contributed by atoms with Crippen LogP contribution >= 0.6 is 0 Å². The van der Waals surface area contributed by atoms with Gasteiger partial charge in [-0.25, -0.2) is 0 Å². The van der Waals surface area contributed by atoms with Crippen molar-refractivity contribution in [3.8, 4) is 0 Å². The molecule has 0 spiro atoms. The monoisotopic (exact) mass is 278 g/mol. The number of hydrogen-bond acceptors (Lipinski definition) is 4. The van der Waals surface area contributed by atoms with Crippen LogP contribution in [0.5, 0.6) is 0 Å². The molecule has 1 aliphatic rings. The topological polar surface area (TPSA) is 70.7 Å². The van der Waals surface area contributed by atoms with Crippen LogP contribution in [0.4, 0.5) is 0 Å². The Labute approximate surface area is 121 Å². The van der Waals surface area contributed by atoms with Crippen molar-refractivity contribution < 1.29 is 4.79 Å². The molecule has 1 atom stereocenters. The SMILES string of the molecule is C=C1[C@@H](N)CCCN1CC(=O)NCCC(=C/C)/N=C\C. The molecular weight excluding hydrogens is 252 g/mol. The molecule has 0 radical (unpaired) electrons. The number of allylic oxidation sites excluding steroid dienone is 1. The number of hydrogen-bond donors (Lipinski definition) is 2. The van der Waals surface area contributed by atoms with E-state index in [4.69, 9.17) is 5.73 Å². The molecule has 3 N–H and O–H groups in total. The van der Waals surface area contributed by atoms with Crippen molar-refractivity contribution in [1.82, 2.24) is 10.2 Å². The van der Waals surface area contributed by atoms with E-state index in [1.165, 1.54) is 0 Å². The largest absolute Gasteiger partial charge is 0.365 e. The Bertz CT molecular complexity index is 401. The molecule has 5 heteroatoms. The molecule has 0 bridgehead atoms. The Morgan fingerprint density at radius 1 is 1.60 bits per heavy atom. The fourth-order valence-corrected chi connectivity index (χ4v) is 2.24. The van der Waals surface area contributed by atoms with Crippen molar-refractivity contribution in [2.45, 2.75) is 39.2 Å². The first-order valence-corrected chi connectivity index (χ1v) is 7.18. The van der Waals surface area contributed by atoms with Gasteiger partial charge in [0.1, 0.15) is 0 Å². The molecule has 1 fully saturated rings. The van der Waals surface area contributed by atoms with E-state index >= 15 is 0 Å². The van der Waals surface area contributed by atoms with Crippen LogP contribution in [0.25, 0.3) is 0 Å². The lowest BCUT2D eigenvalue weighted by molar-refractivity contribution is -0.122. The molecule has 0 aromatic rings. The Balaban J connectivity index is 2.31. The minimum Gasteiger partial charge on any atom is -0.365 e. The average Bonchev–Trinajstić information content (AvgIpc) is 2.43. The van der Waals surface area contributed by atoms with Gasteiger partial charge in [-0.05, 0) is 26.7 Å². The van der Waals surface area contributed by atoms with E-state index in [9.17, 15) is 4.79 Å². The van der Waals surface area contributed by atoms with Crippen molar-refractivity contribution in [3.05, 3.63) is 24.0 Å². The van der Waals surface area contributed by atoms with E-state index in [-0.39, 0.29) is 11.9 Å². The average molecular weight is 278 g/mol. The van der Waals surface area contributed by atoms with Crippen LogP contribution in [0, 0.1) is 0 Å². The lowest BCUT2D eigenvalue weighted by Gasteiger charge is -2.34. The molecule has 1 amide bonds. The fourth-order valence-electron chi connectivity index (χ4n) is 2.24. The number of rotatable bonds is 6. The number of nitrogens with one attached hydrogen (secondary N) is 1. The predicted octanol–water partition coefficient (Wildman–Crippen LogP) is 1.42. The van der Waals surface area contributed by atoms with Crippen LogP contribution in [0.3, 0.4) is 0 Å². The van der Waals surface area contributed by atoms with Crippen LogP contribution in [0.1, 0.15) is 33.1 Å². The normalized spacial score (nSPS) is 20.6. The van der Waals surface area contributed by atoms with Gasteiger partial charge in [0.15, 0.2) is 0 Å². The second kappa shape index (κ2) is 8.53. The summed E-state index contributed by atoms with van der Waals surface area (Å²) >= 11 is 0. The second-order valence-corrected chi connectivity index (χ2v) is 4.93. The van der Waals surface area contributed by atoms with E-state index in [0.29, 0.717) is 13.1 Å². The molecule has 1 aliphatic heterocycles. The smallest absolute Gasteiger partial charge is 0.239 e. The van der Waals surface area contributed by atoms with Crippen LogP contribution < -0.4 is 11.1 Å². The molecule has 0 aromatic heterocycles. The van der Waals surface area contributed by atoms with Gasteiger partial charge in [0, 0.05) is 43.2 Å². The van der Waals surface area contributed by atoms with Crippen LogP contribution in [-0.2, 0) is 4.79 Å². The van der Waals surface area contributed by atoms with Crippen molar-refractivity contribution in [3.63, 3.8) is 0 Å². The highest BCUT2D eigenvalue weighted by atomic mass is 16.2. The second-order valence-electron chi connectivity index (χ2n) is 4.93. The summed E-state index contributed by atoms with van der Waals surface area (Å²) in [7, 11) is 0. The number of aliphatic imine (C=N–C) groups is 1. The molecule has 0 aliphatic carbocycles. The molecule has 1 saturated heterocycles. The van der Waals surface area contributed by atoms with Gasteiger partial charge in [-0.2, -0.15) is 0 Å². The summed E-state index contributed by atoms with van der Waals surface area (Å²) in [5.74, 6) is 0.0104. The highest BCUT2D eigenvalue weighted by Gasteiger charge is 2.21. The Morgan fingerprint density at radius 2 is 2.35 bits per heavy atom. The lowest BCUT2D eigenvalue weighted by Crippen LogP contribution is -2.45. The van der Waals surface area contributed by atoms with Gasteiger partial charge in [-0.1, -0.05) is 12.7 Å². The van der Waals surface area contributed by atoms with Crippen molar-refractivity contribution in [2.24, 2.45) is 10.7 Å². The zero-order valence-corrected chi connectivity index (χ0v) is 12.6. The maximum atomic E-state index is 11.9. The Hall–Kier alpha value is -1.62. The third kappa shape index (κ3) is 5.17. The van der Waals surface area contributed by atoms with Crippen molar-refractivity contribution >= 4 is 12.1 Å². The molecular formula is C15H26N4O. The maximum absolute atomic E-state index is 11.9. The molecule has 5 nitrogen and oxygen atoms in total.